The maximum absolute atomic E-state index is 13.3. The predicted octanol–water partition coefficient (Wildman–Crippen LogP) is 13.8. The molecule has 7 unspecified atom stereocenters. The smallest absolute Gasteiger partial charge is 0.260 e. The van der Waals surface area contributed by atoms with Gasteiger partial charge in [0.1, 0.15) is 5.78 Å². The number of Topliss-reactive ketones (excluding diaryl/α,β-unsaturated/α-hetero) is 1. The first kappa shape index (κ1) is 69.6. The van der Waals surface area contributed by atoms with E-state index in [0.29, 0.717) is 67.8 Å². The van der Waals surface area contributed by atoms with E-state index < -0.39 is 0 Å². The van der Waals surface area contributed by atoms with Gasteiger partial charge in [-0.2, -0.15) is 0 Å². The minimum absolute atomic E-state index is 0.00397. The number of allylic oxidation sites excluding steroid dienone is 7. The Kier molecular flexibility index (Phi) is 36.8. The summed E-state index contributed by atoms with van der Waals surface area (Å²) in [6.45, 7) is 24.2. The van der Waals surface area contributed by atoms with Crippen LogP contribution in [-0.4, -0.2) is 119 Å². The van der Waals surface area contributed by atoms with Crippen molar-refractivity contribution in [2.45, 2.75) is 221 Å². The summed E-state index contributed by atoms with van der Waals surface area (Å²) in [5.41, 5.74) is 5.96. The molecule has 2 aliphatic heterocycles. The summed E-state index contributed by atoms with van der Waals surface area (Å²) in [5, 5.41) is 6.13. The number of likely N-dealkylation sites (tertiary alicyclic amines) is 1. The number of carbonyl (C=O) groups is 3. The van der Waals surface area contributed by atoms with Crippen LogP contribution in [-0.2, 0) is 33.3 Å². The summed E-state index contributed by atoms with van der Waals surface area (Å²) in [4.78, 5) is 49.7. The monoisotopic (exact) mass is 1110 g/mol. The van der Waals surface area contributed by atoms with Crippen LogP contribution in [0.15, 0.2) is 87.7 Å². The second-order valence-corrected chi connectivity index (χ2v) is 23.5. The van der Waals surface area contributed by atoms with Crippen LogP contribution in [0.2, 0.25) is 0 Å². The topological polar surface area (TPSA) is 140 Å². The zero-order chi connectivity index (χ0) is 58.2. The molecule has 0 aromatic carbocycles. The van der Waals surface area contributed by atoms with Crippen molar-refractivity contribution in [1.82, 2.24) is 15.5 Å². The molecule has 3 rings (SSSR count). The number of carbonyl (C=O) groups excluding carboxylic acids is 3. The molecule has 1 saturated carbocycles. The van der Waals surface area contributed by atoms with E-state index in [-0.39, 0.29) is 48.1 Å². The molecule has 2 amide bonds. The van der Waals surface area contributed by atoms with Crippen molar-refractivity contribution in [2.75, 3.05) is 59.7 Å². The number of aliphatic imine (C=N–C) groups is 2. The van der Waals surface area contributed by atoms with Crippen LogP contribution in [0.3, 0.4) is 0 Å². The number of amides is 2. The van der Waals surface area contributed by atoms with Crippen LogP contribution in [0, 0.1) is 41.4 Å². The highest BCUT2D eigenvalue weighted by atomic mass is 16.5. The average Bonchev–Trinajstić information content (AvgIpc) is 3.46. The number of rotatable bonds is 40. The number of terminal acetylenes is 1. The quantitative estimate of drug-likeness (QED) is 0.00904. The van der Waals surface area contributed by atoms with Gasteiger partial charge in [0, 0.05) is 89.4 Å². The third kappa shape index (κ3) is 29.9. The zero-order valence-electron chi connectivity index (χ0n) is 51.3. The van der Waals surface area contributed by atoms with E-state index >= 15 is 0 Å². The van der Waals surface area contributed by atoms with Crippen LogP contribution in [0.1, 0.15) is 196 Å². The van der Waals surface area contributed by atoms with Gasteiger partial charge in [-0.3, -0.25) is 19.4 Å². The Morgan fingerprint density at radius 2 is 1.70 bits per heavy atom. The number of nitrogens with one attached hydrogen (secondary N) is 2. The maximum atomic E-state index is 13.3. The Balaban J connectivity index is 1.28. The van der Waals surface area contributed by atoms with Crippen molar-refractivity contribution >= 4 is 30.2 Å². The fraction of sp³-hybridized carbons (Fsp3) is 0.706. The third-order valence-electron chi connectivity index (χ3n) is 16.4. The predicted molar refractivity (Wildman–Crippen MR) is 332 cm³/mol. The molecule has 0 radical (unpaired) electrons. The standard InChI is InChI=1S/C68H109N5O7/c1-11-15-41-70-53-71-51-59(50-69-40-13-3)52-72-66(75)36-44-78-45-46-79-60-34-38-68(9,39-35-60)37-33-58(26-12-2)32-31-54(5)47-56(7)57(8)48-64(74)55(6)27-21-18-16-17-19-22-28-61(77-10)49-62-29-25-30-65(80-62)63(14-4)67(76)73-42-23-20-24-43-73/h2,16-19,22,28,47,50-51,53-55,57-58,60-62,65H,4,11,13,15,20-21,23-27,29-46,48-49,52H2,1,3,5-10H3,(H,70,71)(H,72,75)/b18-16+,19-17+,28-22+,56-47+,59-51+,69-50-. The second kappa shape index (κ2) is 42.2. The molecule has 7 atom stereocenters. The second-order valence-electron chi connectivity index (χ2n) is 23.5. The first-order chi connectivity index (χ1) is 38.7. The lowest BCUT2D eigenvalue weighted by Crippen LogP contribution is -2.41. The number of methoxy groups -OCH3 is 1. The first-order valence-electron chi connectivity index (χ1n) is 31.2. The van der Waals surface area contributed by atoms with E-state index in [1.54, 1.807) is 25.9 Å². The van der Waals surface area contributed by atoms with Crippen molar-refractivity contribution in [2.24, 2.45) is 39.1 Å². The molecule has 0 aromatic heterocycles. The van der Waals surface area contributed by atoms with Gasteiger partial charge in [-0.15, -0.1) is 18.1 Å². The molecule has 12 heteroatoms. The lowest BCUT2D eigenvalue weighted by Gasteiger charge is -2.38. The van der Waals surface area contributed by atoms with E-state index in [2.05, 4.69) is 106 Å². The summed E-state index contributed by atoms with van der Waals surface area (Å²) in [6.07, 6.45) is 47.9. The minimum atomic E-state index is -0.264. The Hall–Kier alpha value is -4.63. The van der Waals surface area contributed by atoms with E-state index in [0.717, 1.165) is 154 Å². The van der Waals surface area contributed by atoms with Gasteiger partial charge in [0.05, 0.1) is 56.1 Å². The van der Waals surface area contributed by atoms with Crippen LogP contribution >= 0.6 is 0 Å². The van der Waals surface area contributed by atoms with Gasteiger partial charge in [0.2, 0.25) is 5.91 Å². The molecule has 0 bridgehead atoms. The molecular formula is C68H109N5O7. The zero-order valence-corrected chi connectivity index (χ0v) is 51.3. The van der Waals surface area contributed by atoms with Crippen molar-refractivity contribution in [1.29, 1.82) is 0 Å². The van der Waals surface area contributed by atoms with E-state index in [1.807, 2.05) is 29.2 Å². The van der Waals surface area contributed by atoms with Crippen LogP contribution in [0.5, 0.6) is 0 Å². The van der Waals surface area contributed by atoms with Crippen molar-refractivity contribution in [3.8, 4) is 12.3 Å². The molecule has 448 valence electrons. The number of ether oxygens (including phenoxy) is 4. The van der Waals surface area contributed by atoms with Gasteiger partial charge in [-0.05, 0) is 146 Å². The Labute approximate surface area is 486 Å². The molecule has 2 saturated heterocycles. The van der Waals surface area contributed by atoms with Gasteiger partial charge in [0.25, 0.3) is 5.91 Å². The summed E-state index contributed by atoms with van der Waals surface area (Å²) in [7, 11) is 1.72. The normalized spacial score (nSPS) is 22.4. The summed E-state index contributed by atoms with van der Waals surface area (Å²) in [5.74, 6) is 4.45. The summed E-state index contributed by atoms with van der Waals surface area (Å²) in [6, 6.07) is 0. The molecule has 12 nitrogen and oxygen atoms in total. The van der Waals surface area contributed by atoms with Gasteiger partial charge in [0.15, 0.2) is 0 Å². The number of nitrogens with zero attached hydrogens (tertiary/aromatic N) is 3. The highest BCUT2D eigenvalue weighted by Crippen LogP contribution is 2.42. The van der Waals surface area contributed by atoms with Crippen LogP contribution in [0.4, 0.5) is 0 Å². The first-order valence-corrected chi connectivity index (χ1v) is 31.2. The van der Waals surface area contributed by atoms with Gasteiger partial charge >= 0.3 is 0 Å². The third-order valence-corrected chi connectivity index (χ3v) is 16.4. The summed E-state index contributed by atoms with van der Waals surface area (Å²) < 4.78 is 24.2. The van der Waals surface area contributed by atoms with Crippen molar-refractivity contribution < 1.29 is 33.3 Å². The fourth-order valence-corrected chi connectivity index (χ4v) is 10.8. The lowest BCUT2D eigenvalue weighted by atomic mass is 9.70. The number of ketones is 1. The molecule has 0 aromatic rings. The molecule has 1 aliphatic carbocycles. The molecule has 2 heterocycles. The number of hydrogen-bond donors (Lipinski definition) is 2. The van der Waals surface area contributed by atoms with Crippen molar-refractivity contribution in [3.05, 3.63) is 77.8 Å². The lowest BCUT2D eigenvalue weighted by molar-refractivity contribution is -0.131. The van der Waals surface area contributed by atoms with Crippen LogP contribution in [0.25, 0.3) is 0 Å². The maximum Gasteiger partial charge on any atom is 0.260 e. The molecule has 3 aliphatic rings. The van der Waals surface area contributed by atoms with Crippen LogP contribution < -0.4 is 10.6 Å². The van der Waals surface area contributed by atoms with E-state index in [9.17, 15) is 14.4 Å². The molecular weight excluding hydrogens is 999 g/mol. The largest absolute Gasteiger partial charge is 0.379 e. The van der Waals surface area contributed by atoms with Gasteiger partial charge in [-0.25, -0.2) is 4.99 Å². The molecule has 80 heavy (non-hydrogen) atoms. The van der Waals surface area contributed by atoms with Gasteiger partial charge < -0.3 is 34.5 Å². The minimum Gasteiger partial charge on any atom is -0.379 e. The van der Waals surface area contributed by atoms with E-state index in [4.69, 9.17) is 25.4 Å². The SMILES string of the molecule is C#CCC(CCC(C)/C=C(\C)C(C)CC(=O)C(C)CC/C=C/C=C/C=C/C(CC1CCCC(C(=C=C)C(=O)N2CCCCC2)O1)OC)CCC1(C)CCC(OCCOCCC(=O)NCC(/C=N\CCC)=C/N=C/NCCCC)CC1. The average molecular weight is 1110 g/mol. The number of unbranched alkanes of at least 4 members (excludes halogenated alkanes) is 1. The molecule has 3 fully saturated rings. The Bertz CT molecular complexity index is 2080. The van der Waals surface area contributed by atoms with Crippen molar-refractivity contribution in [3.63, 3.8) is 0 Å². The molecule has 0 spiro atoms. The molecule has 2 N–H and O–H groups in total. The Morgan fingerprint density at radius 3 is 2.42 bits per heavy atom. The Morgan fingerprint density at radius 1 is 0.925 bits per heavy atom. The highest BCUT2D eigenvalue weighted by Gasteiger charge is 2.33. The van der Waals surface area contributed by atoms with Gasteiger partial charge in [-0.1, -0.05) is 103 Å². The number of hydrogen-bond acceptors (Lipinski definition) is 9. The van der Waals surface area contributed by atoms with E-state index in [1.165, 1.54) is 18.4 Å². The number of piperidine rings is 1. The summed E-state index contributed by atoms with van der Waals surface area (Å²) >= 11 is 0. The highest BCUT2D eigenvalue weighted by molar-refractivity contribution is 5.94. The fourth-order valence-electron chi connectivity index (χ4n) is 10.8.